The van der Waals surface area contributed by atoms with Gasteiger partial charge in [-0.1, -0.05) is 30.3 Å². The van der Waals surface area contributed by atoms with E-state index in [-0.39, 0.29) is 24.8 Å². The van der Waals surface area contributed by atoms with E-state index in [2.05, 4.69) is 0 Å². The molecular formula is C33H42O7S. The van der Waals surface area contributed by atoms with Crippen LogP contribution in [0.25, 0.3) is 0 Å². The Hall–Kier alpha value is -3.36. The van der Waals surface area contributed by atoms with Crippen molar-refractivity contribution < 1.29 is 33.6 Å². The third-order valence-corrected chi connectivity index (χ3v) is 6.83. The highest BCUT2D eigenvalue weighted by Gasteiger charge is 2.35. The summed E-state index contributed by atoms with van der Waals surface area (Å²) in [5, 5.41) is 14.0. The zero-order chi connectivity index (χ0) is 30.1. The fourth-order valence-electron chi connectivity index (χ4n) is 4.12. The highest BCUT2D eigenvalue weighted by molar-refractivity contribution is 7.10. The Kier molecular flexibility index (Phi) is 11.0. The van der Waals surface area contributed by atoms with Gasteiger partial charge in [-0.2, -0.15) is 0 Å². The number of hydrogen-bond acceptors (Lipinski definition) is 8. The summed E-state index contributed by atoms with van der Waals surface area (Å²) in [5.41, 5.74) is -0.953. The van der Waals surface area contributed by atoms with Gasteiger partial charge >= 0.3 is 11.9 Å². The van der Waals surface area contributed by atoms with Crippen molar-refractivity contribution in [3.8, 4) is 11.5 Å². The van der Waals surface area contributed by atoms with Gasteiger partial charge in [0.25, 0.3) is 0 Å². The molecule has 2 aromatic carbocycles. The Labute approximate surface area is 247 Å². The molecule has 41 heavy (non-hydrogen) atoms. The maximum Gasteiger partial charge on any atom is 0.306 e. The summed E-state index contributed by atoms with van der Waals surface area (Å²) in [6, 6.07) is 18.5. The molecule has 3 rings (SSSR count). The third-order valence-electron chi connectivity index (χ3n) is 5.85. The van der Waals surface area contributed by atoms with Crippen LogP contribution >= 0.6 is 11.3 Å². The monoisotopic (exact) mass is 582 g/mol. The molecule has 0 fully saturated rings. The van der Waals surface area contributed by atoms with E-state index < -0.39 is 16.8 Å². The molecule has 8 heteroatoms. The molecule has 222 valence electrons. The molecule has 0 saturated carbocycles. The zero-order valence-corrected chi connectivity index (χ0v) is 25.7. The fourth-order valence-corrected chi connectivity index (χ4v) is 4.99. The number of thiophene rings is 1. The Morgan fingerprint density at radius 2 is 1.10 bits per heavy atom. The number of ether oxygens (including phenoxy) is 4. The average Bonchev–Trinajstić information content (AvgIpc) is 3.43. The molecule has 0 amide bonds. The second-order valence-corrected chi connectivity index (χ2v) is 12.8. The first-order chi connectivity index (χ1) is 19.3. The largest absolute Gasteiger partial charge is 0.494 e. The van der Waals surface area contributed by atoms with Crippen LogP contribution in [0.3, 0.4) is 0 Å². The van der Waals surface area contributed by atoms with Gasteiger partial charge in [0.15, 0.2) is 0 Å². The molecule has 1 heterocycles. The van der Waals surface area contributed by atoms with Crippen molar-refractivity contribution in [1.29, 1.82) is 0 Å². The van der Waals surface area contributed by atoms with E-state index in [1.165, 1.54) is 11.3 Å². The lowest BCUT2D eigenvalue weighted by Gasteiger charge is -2.29. The summed E-state index contributed by atoms with van der Waals surface area (Å²) in [7, 11) is 0. The van der Waals surface area contributed by atoms with Crippen LogP contribution in [0, 0.1) is 0 Å². The van der Waals surface area contributed by atoms with E-state index >= 15 is 0 Å². The predicted octanol–water partition coefficient (Wildman–Crippen LogP) is 7.03. The minimum Gasteiger partial charge on any atom is -0.494 e. The van der Waals surface area contributed by atoms with Gasteiger partial charge < -0.3 is 24.1 Å². The molecule has 7 nitrogen and oxygen atoms in total. The highest BCUT2D eigenvalue weighted by Crippen LogP contribution is 2.40. The maximum atomic E-state index is 12.1. The first kappa shape index (κ1) is 32.2. The Bertz CT molecular complexity index is 1160. The van der Waals surface area contributed by atoms with Crippen LogP contribution in [0.2, 0.25) is 0 Å². The van der Waals surface area contributed by atoms with Crippen LogP contribution in [0.1, 0.15) is 83.2 Å². The first-order valence-corrected chi connectivity index (χ1v) is 14.8. The Morgan fingerprint density at radius 1 is 0.683 bits per heavy atom. The van der Waals surface area contributed by atoms with Gasteiger partial charge in [-0.25, -0.2) is 0 Å². The first-order valence-electron chi connectivity index (χ1n) is 13.9. The van der Waals surface area contributed by atoms with Gasteiger partial charge in [-0.05, 0) is 101 Å². The van der Waals surface area contributed by atoms with E-state index in [0.29, 0.717) is 48.7 Å². The van der Waals surface area contributed by atoms with Crippen LogP contribution in [0.5, 0.6) is 11.5 Å². The van der Waals surface area contributed by atoms with Crippen molar-refractivity contribution in [2.45, 2.75) is 84.0 Å². The molecule has 0 bridgehead atoms. The Morgan fingerprint density at radius 3 is 1.44 bits per heavy atom. The Balaban J connectivity index is 1.61. The minimum atomic E-state index is -1.36. The van der Waals surface area contributed by atoms with Crippen LogP contribution in [-0.4, -0.2) is 41.5 Å². The molecule has 1 aromatic heterocycles. The second kappa shape index (κ2) is 14.0. The van der Waals surface area contributed by atoms with Crippen LogP contribution in [-0.2, 0) is 24.7 Å². The van der Waals surface area contributed by atoms with Crippen molar-refractivity contribution >= 4 is 23.3 Å². The lowest BCUT2D eigenvalue weighted by Crippen LogP contribution is -2.27. The van der Waals surface area contributed by atoms with Crippen LogP contribution < -0.4 is 9.47 Å². The van der Waals surface area contributed by atoms with Crippen molar-refractivity contribution in [3.05, 3.63) is 82.0 Å². The molecule has 0 aliphatic carbocycles. The molecule has 0 atom stereocenters. The topological polar surface area (TPSA) is 91.3 Å². The number of hydrogen-bond donors (Lipinski definition) is 1. The van der Waals surface area contributed by atoms with Gasteiger partial charge in [-0.15, -0.1) is 11.3 Å². The molecule has 1 N–H and O–H groups in total. The highest BCUT2D eigenvalue weighted by atomic mass is 32.1. The van der Waals surface area contributed by atoms with Gasteiger partial charge in [0.05, 0.1) is 13.2 Å². The maximum absolute atomic E-state index is 12.1. The van der Waals surface area contributed by atoms with Gasteiger partial charge in [-0.3, -0.25) is 9.59 Å². The van der Waals surface area contributed by atoms with E-state index in [1.54, 1.807) is 0 Å². The standard InChI is InChI=1S/C33H42O7S/c1-31(2,3)39-29(34)11-7-21-37-26-17-13-24(14-18-26)33(36,28-10-9-23-41-28)25-15-19-27(20-16-25)38-22-8-12-30(35)40-32(4,5)6/h9-10,13-20,23,36H,7-8,11-12,21-22H2,1-6H3. The summed E-state index contributed by atoms with van der Waals surface area (Å²) < 4.78 is 22.3. The number of rotatable bonds is 13. The molecule has 0 aliphatic heterocycles. The summed E-state index contributed by atoms with van der Waals surface area (Å²) in [6.07, 6.45) is 1.67. The van der Waals surface area contributed by atoms with Crippen LogP contribution in [0.15, 0.2) is 66.0 Å². The smallest absolute Gasteiger partial charge is 0.306 e. The average molecular weight is 583 g/mol. The molecule has 0 aliphatic rings. The van der Waals surface area contributed by atoms with Gasteiger partial charge in [0, 0.05) is 17.7 Å². The SMILES string of the molecule is CC(C)(C)OC(=O)CCCOc1ccc(C(O)(c2ccc(OCCCC(=O)OC(C)(C)C)cc2)c2cccs2)cc1. The summed E-state index contributed by atoms with van der Waals surface area (Å²) in [4.78, 5) is 24.6. The van der Waals surface area contributed by atoms with E-state index in [9.17, 15) is 14.7 Å². The summed E-state index contributed by atoms with van der Waals surface area (Å²) >= 11 is 1.47. The molecule has 0 radical (unpaired) electrons. The van der Waals surface area contributed by atoms with E-state index in [0.717, 1.165) is 4.88 Å². The summed E-state index contributed by atoms with van der Waals surface area (Å²) in [5.74, 6) is 0.826. The van der Waals surface area contributed by atoms with Crippen molar-refractivity contribution in [2.24, 2.45) is 0 Å². The number of esters is 2. The number of carbonyl (C=O) groups excluding carboxylic acids is 2. The molecule has 0 spiro atoms. The summed E-state index contributed by atoms with van der Waals surface area (Å²) in [6.45, 7) is 11.8. The van der Waals surface area contributed by atoms with E-state index in [1.807, 2.05) is 108 Å². The van der Waals surface area contributed by atoms with Gasteiger partial charge in [0.1, 0.15) is 28.3 Å². The predicted molar refractivity (Wildman–Crippen MR) is 160 cm³/mol. The molecule has 0 saturated heterocycles. The van der Waals surface area contributed by atoms with Crippen molar-refractivity contribution in [3.63, 3.8) is 0 Å². The second-order valence-electron chi connectivity index (χ2n) is 11.8. The minimum absolute atomic E-state index is 0.241. The van der Waals surface area contributed by atoms with Gasteiger partial charge in [0.2, 0.25) is 0 Å². The third kappa shape index (κ3) is 10.2. The quantitative estimate of drug-likeness (QED) is 0.171. The molecule has 0 unspecified atom stereocenters. The lowest BCUT2D eigenvalue weighted by molar-refractivity contribution is -0.156. The number of benzene rings is 2. The molecular weight excluding hydrogens is 540 g/mol. The fraction of sp³-hybridized carbons (Fsp3) is 0.455. The number of carbonyl (C=O) groups is 2. The van der Waals surface area contributed by atoms with Crippen molar-refractivity contribution in [1.82, 2.24) is 0 Å². The normalized spacial score (nSPS) is 12.1. The number of aliphatic hydroxyl groups is 1. The zero-order valence-electron chi connectivity index (χ0n) is 24.9. The van der Waals surface area contributed by atoms with Crippen LogP contribution in [0.4, 0.5) is 0 Å². The van der Waals surface area contributed by atoms with E-state index in [4.69, 9.17) is 18.9 Å². The lowest BCUT2D eigenvalue weighted by atomic mass is 9.85. The molecule has 3 aromatic rings. The van der Waals surface area contributed by atoms with Crippen molar-refractivity contribution in [2.75, 3.05) is 13.2 Å².